The minimum atomic E-state index is -0.471. The van der Waals surface area contributed by atoms with Crippen molar-refractivity contribution in [2.45, 2.75) is 33.3 Å². The van der Waals surface area contributed by atoms with Gasteiger partial charge in [-0.2, -0.15) is 0 Å². The van der Waals surface area contributed by atoms with Crippen LogP contribution in [0.25, 0.3) is 0 Å². The molecule has 4 heteroatoms. The summed E-state index contributed by atoms with van der Waals surface area (Å²) in [7, 11) is 0. The number of hydrogen-bond donors (Lipinski definition) is 0. The molecule has 16 heavy (non-hydrogen) atoms. The van der Waals surface area contributed by atoms with E-state index in [0.717, 1.165) is 14.5 Å². The minimum Gasteiger partial charge on any atom is -0.456 e. The summed E-state index contributed by atoms with van der Waals surface area (Å²) in [5.41, 5.74) is 1.13. The third kappa shape index (κ3) is 3.59. The Morgan fingerprint density at radius 2 is 1.62 bits per heavy atom. The quantitative estimate of drug-likeness (QED) is 0.699. The van der Waals surface area contributed by atoms with Gasteiger partial charge in [0.05, 0.1) is 5.56 Å². The zero-order chi connectivity index (χ0) is 12.5. The molecule has 0 unspecified atom stereocenters. The molecule has 0 N–H and O–H groups in total. The number of carbonyl (C=O) groups is 1. The average molecular weight is 350 g/mol. The van der Waals surface area contributed by atoms with Crippen LogP contribution in [-0.4, -0.2) is 11.6 Å². The van der Waals surface area contributed by atoms with Crippen molar-refractivity contribution in [1.82, 2.24) is 0 Å². The molecule has 1 rings (SSSR count). The third-order valence-corrected chi connectivity index (χ3v) is 3.56. The molecule has 88 valence electrons. The first kappa shape index (κ1) is 13.7. The van der Waals surface area contributed by atoms with Crippen molar-refractivity contribution in [3.8, 4) is 0 Å². The molecular formula is C12H14Br2O2. The van der Waals surface area contributed by atoms with E-state index in [1.807, 2.05) is 27.7 Å². The monoisotopic (exact) mass is 348 g/mol. The number of ether oxygens (including phenoxy) is 1. The second-order valence-corrected chi connectivity index (χ2v) is 6.28. The fourth-order valence-corrected chi connectivity index (χ4v) is 2.29. The van der Waals surface area contributed by atoms with Crippen LogP contribution in [0.1, 0.15) is 36.7 Å². The normalized spacial score (nSPS) is 11.4. The second kappa shape index (κ2) is 4.88. The van der Waals surface area contributed by atoms with Crippen LogP contribution in [0, 0.1) is 6.92 Å². The van der Waals surface area contributed by atoms with Crippen LogP contribution >= 0.6 is 31.9 Å². The zero-order valence-electron chi connectivity index (χ0n) is 9.73. The molecule has 0 radical (unpaired) electrons. The highest BCUT2D eigenvalue weighted by atomic mass is 79.9. The van der Waals surface area contributed by atoms with Gasteiger partial charge in [-0.3, -0.25) is 0 Å². The lowest BCUT2D eigenvalue weighted by Crippen LogP contribution is -2.23. The number of rotatable bonds is 1. The van der Waals surface area contributed by atoms with Gasteiger partial charge in [-0.1, -0.05) is 31.9 Å². The molecule has 0 heterocycles. The third-order valence-electron chi connectivity index (χ3n) is 1.92. The summed E-state index contributed by atoms with van der Waals surface area (Å²) in [6.45, 7) is 7.52. The minimum absolute atomic E-state index is 0.311. The molecule has 0 saturated carbocycles. The first-order chi connectivity index (χ1) is 7.20. The standard InChI is InChI=1S/C12H14Br2O2/c1-7-9(13)5-8(6-10(7)14)11(15)16-12(2,3)4/h5-6H,1-4H3. The summed E-state index contributed by atoms with van der Waals surface area (Å²) in [5, 5.41) is 0. The van der Waals surface area contributed by atoms with E-state index in [2.05, 4.69) is 31.9 Å². The molecule has 2 nitrogen and oxygen atoms in total. The predicted octanol–water partition coefficient (Wildman–Crippen LogP) is 4.48. The van der Waals surface area contributed by atoms with Crippen molar-refractivity contribution in [2.24, 2.45) is 0 Å². The maximum atomic E-state index is 11.8. The number of benzene rings is 1. The topological polar surface area (TPSA) is 26.3 Å². The Balaban J connectivity index is 3.02. The van der Waals surface area contributed by atoms with Crippen LogP contribution in [0.3, 0.4) is 0 Å². The van der Waals surface area contributed by atoms with E-state index in [4.69, 9.17) is 4.74 Å². The number of hydrogen-bond acceptors (Lipinski definition) is 2. The van der Waals surface area contributed by atoms with Crippen LogP contribution in [0.2, 0.25) is 0 Å². The molecular weight excluding hydrogens is 336 g/mol. The first-order valence-corrected chi connectivity index (χ1v) is 6.48. The van der Waals surface area contributed by atoms with Gasteiger partial charge in [0.1, 0.15) is 5.60 Å². The predicted molar refractivity (Wildman–Crippen MR) is 71.7 cm³/mol. The van der Waals surface area contributed by atoms with Gasteiger partial charge in [0, 0.05) is 8.95 Å². The summed E-state index contributed by atoms with van der Waals surface area (Å²) in [5.74, 6) is -0.311. The first-order valence-electron chi connectivity index (χ1n) is 4.90. The van der Waals surface area contributed by atoms with Gasteiger partial charge in [-0.15, -0.1) is 0 Å². The van der Waals surface area contributed by atoms with Gasteiger partial charge >= 0.3 is 5.97 Å². The van der Waals surface area contributed by atoms with Gasteiger partial charge < -0.3 is 4.74 Å². The Hall–Kier alpha value is -0.350. The molecule has 0 amide bonds. The lowest BCUT2D eigenvalue weighted by atomic mass is 10.1. The molecule has 0 bridgehead atoms. The number of esters is 1. The van der Waals surface area contributed by atoms with E-state index < -0.39 is 5.60 Å². The highest BCUT2D eigenvalue weighted by molar-refractivity contribution is 9.11. The van der Waals surface area contributed by atoms with Crippen LogP contribution < -0.4 is 0 Å². The Morgan fingerprint density at radius 3 is 2.00 bits per heavy atom. The number of halogens is 2. The van der Waals surface area contributed by atoms with E-state index in [-0.39, 0.29) is 5.97 Å². The van der Waals surface area contributed by atoms with Crippen LogP contribution in [0.15, 0.2) is 21.1 Å². The van der Waals surface area contributed by atoms with Crippen molar-refractivity contribution < 1.29 is 9.53 Å². The highest BCUT2D eigenvalue weighted by Crippen LogP contribution is 2.27. The summed E-state index contributed by atoms with van der Waals surface area (Å²) in [6, 6.07) is 3.54. The summed E-state index contributed by atoms with van der Waals surface area (Å²) in [6.07, 6.45) is 0. The van der Waals surface area contributed by atoms with Gasteiger partial charge in [0.15, 0.2) is 0 Å². The Bertz CT molecular complexity index is 397. The van der Waals surface area contributed by atoms with Gasteiger partial charge in [-0.05, 0) is 45.4 Å². The molecule has 1 aromatic carbocycles. The molecule has 0 aliphatic rings. The molecule has 1 aromatic rings. The van der Waals surface area contributed by atoms with E-state index in [0.29, 0.717) is 5.56 Å². The number of carbonyl (C=O) groups excluding carboxylic acids is 1. The zero-order valence-corrected chi connectivity index (χ0v) is 12.9. The van der Waals surface area contributed by atoms with Gasteiger partial charge in [-0.25, -0.2) is 4.79 Å². The van der Waals surface area contributed by atoms with E-state index in [1.165, 1.54) is 0 Å². The van der Waals surface area contributed by atoms with Crippen LogP contribution in [-0.2, 0) is 4.74 Å². The van der Waals surface area contributed by atoms with Crippen molar-refractivity contribution in [1.29, 1.82) is 0 Å². The maximum absolute atomic E-state index is 11.8. The SMILES string of the molecule is Cc1c(Br)cc(C(=O)OC(C)(C)C)cc1Br. The Kier molecular flexibility index (Phi) is 4.18. The van der Waals surface area contributed by atoms with E-state index >= 15 is 0 Å². The molecule has 0 atom stereocenters. The average Bonchev–Trinajstić information content (AvgIpc) is 2.10. The largest absolute Gasteiger partial charge is 0.456 e. The molecule has 0 saturated heterocycles. The van der Waals surface area contributed by atoms with Gasteiger partial charge in [0.2, 0.25) is 0 Å². The summed E-state index contributed by atoms with van der Waals surface area (Å²) < 4.78 is 7.08. The maximum Gasteiger partial charge on any atom is 0.338 e. The molecule has 0 fully saturated rings. The molecule has 0 spiro atoms. The highest BCUT2D eigenvalue weighted by Gasteiger charge is 2.19. The van der Waals surface area contributed by atoms with Crippen molar-refractivity contribution in [3.05, 3.63) is 32.2 Å². The lowest BCUT2D eigenvalue weighted by molar-refractivity contribution is 0.00694. The molecule has 0 aromatic heterocycles. The smallest absolute Gasteiger partial charge is 0.338 e. The lowest BCUT2D eigenvalue weighted by Gasteiger charge is -2.19. The van der Waals surface area contributed by atoms with Crippen LogP contribution in [0.4, 0.5) is 0 Å². The van der Waals surface area contributed by atoms with Crippen molar-refractivity contribution >= 4 is 37.8 Å². The second-order valence-electron chi connectivity index (χ2n) is 4.57. The Morgan fingerprint density at radius 1 is 1.19 bits per heavy atom. The van der Waals surface area contributed by atoms with E-state index in [9.17, 15) is 4.79 Å². The molecule has 0 aliphatic heterocycles. The van der Waals surface area contributed by atoms with Gasteiger partial charge in [0.25, 0.3) is 0 Å². The van der Waals surface area contributed by atoms with Crippen molar-refractivity contribution in [3.63, 3.8) is 0 Å². The van der Waals surface area contributed by atoms with Crippen LogP contribution in [0.5, 0.6) is 0 Å². The summed E-state index contributed by atoms with van der Waals surface area (Å²) in [4.78, 5) is 11.8. The summed E-state index contributed by atoms with van der Waals surface area (Å²) >= 11 is 6.81. The van der Waals surface area contributed by atoms with E-state index in [1.54, 1.807) is 12.1 Å². The molecule has 0 aliphatic carbocycles. The fourth-order valence-electron chi connectivity index (χ4n) is 1.10. The van der Waals surface area contributed by atoms with Crippen molar-refractivity contribution in [2.75, 3.05) is 0 Å². The Labute approximate surface area is 113 Å². The fraction of sp³-hybridized carbons (Fsp3) is 0.417.